The van der Waals surface area contributed by atoms with Gasteiger partial charge >= 0.3 is 5.97 Å². The summed E-state index contributed by atoms with van der Waals surface area (Å²) in [5, 5.41) is 4.25. The van der Waals surface area contributed by atoms with Crippen molar-refractivity contribution in [2.24, 2.45) is 12.0 Å². The van der Waals surface area contributed by atoms with Crippen LogP contribution in [0, 0.1) is 6.92 Å². The standard InChI is InChI=1S/C24H26N4O5S/c1-7-33-23(30)20-13(2)26-24-28(21(20)15-8-9-17(31-5)18(10-15)32-6)22(29)19(34-24)11-16-12-25-27(4)14(16)3/h8-12,21H,7H2,1-6H3/b19-11-/t21-/m0/s1. The van der Waals surface area contributed by atoms with Crippen molar-refractivity contribution in [3.63, 3.8) is 0 Å². The topological polar surface area (TPSA) is 96.9 Å². The Morgan fingerprint density at radius 3 is 2.56 bits per heavy atom. The second-order valence-corrected chi connectivity index (χ2v) is 8.73. The van der Waals surface area contributed by atoms with E-state index in [-0.39, 0.29) is 12.2 Å². The molecule has 0 radical (unpaired) electrons. The summed E-state index contributed by atoms with van der Waals surface area (Å²) in [6.45, 7) is 5.64. The van der Waals surface area contributed by atoms with Crippen LogP contribution in [0.5, 0.6) is 11.5 Å². The number of esters is 1. The van der Waals surface area contributed by atoms with Gasteiger partial charge in [-0.3, -0.25) is 14.0 Å². The molecule has 0 bridgehead atoms. The number of hydrogen-bond donors (Lipinski definition) is 0. The van der Waals surface area contributed by atoms with E-state index in [9.17, 15) is 9.59 Å². The largest absolute Gasteiger partial charge is 0.493 e. The molecule has 10 heteroatoms. The molecule has 0 saturated carbocycles. The summed E-state index contributed by atoms with van der Waals surface area (Å²) in [7, 11) is 4.94. The van der Waals surface area contributed by atoms with E-state index in [0.717, 1.165) is 11.3 Å². The van der Waals surface area contributed by atoms with Gasteiger partial charge in [0.05, 0.1) is 48.9 Å². The number of carbonyl (C=O) groups excluding carboxylic acids is 1. The molecule has 0 amide bonds. The van der Waals surface area contributed by atoms with Gasteiger partial charge in [-0.15, -0.1) is 0 Å². The summed E-state index contributed by atoms with van der Waals surface area (Å²) in [4.78, 5) is 31.8. The van der Waals surface area contributed by atoms with Crippen molar-refractivity contribution in [3.05, 3.63) is 72.2 Å². The molecule has 3 aromatic rings. The van der Waals surface area contributed by atoms with Crippen molar-refractivity contribution in [2.75, 3.05) is 20.8 Å². The average Bonchev–Trinajstić information content (AvgIpc) is 3.30. The third kappa shape index (κ3) is 3.94. The number of rotatable bonds is 6. The molecular formula is C24H26N4O5S. The predicted octanol–water partition coefficient (Wildman–Crippen LogP) is 1.86. The molecule has 0 spiro atoms. The van der Waals surface area contributed by atoms with E-state index < -0.39 is 12.0 Å². The number of nitrogens with zero attached hydrogens (tertiary/aromatic N) is 4. The average molecular weight is 483 g/mol. The number of carbonyl (C=O) groups is 1. The van der Waals surface area contributed by atoms with Crippen molar-refractivity contribution in [1.82, 2.24) is 14.3 Å². The molecule has 0 N–H and O–H groups in total. The quantitative estimate of drug-likeness (QED) is 0.498. The number of thiazole rings is 1. The summed E-state index contributed by atoms with van der Waals surface area (Å²) in [5.74, 6) is 0.524. The second-order valence-electron chi connectivity index (χ2n) is 7.73. The van der Waals surface area contributed by atoms with Crippen molar-refractivity contribution in [2.45, 2.75) is 26.8 Å². The summed E-state index contributed by atoms with van der Waals surface area (Å²) < 4.78 is 20.0. The minimum absolute atomic E-state index is 0.207. The molecule has 178 valence electrons. The van der Waals surface area contributed by atoms with Crippen LogP contribution in [0.1, 0.15) is 36.7 Å². The summed E-state index contributed by atoms with van der Waals surface area (Å²) in [5.41, 5.74) is 3.03. The number of hydrogen-bond acceptors (Lipinski definition) is 8. The lowest BCUT2D eigenvalue weighted by atomic mass is 9.95. The Morgan fingerprint density at radius 2 is 1.94 bits per heavy atom. The minimum atomic E-state index is -0.729. The maximum absolute atomic E-state index is 13.7. The third-order valence-electron chi connectivity index (χ3n) is 5.80. The van der Waals surface area contributed by atoms with Crippen LogP contribution in [0.4, 0.5) is 0 Å². The van der Waals surface area contributed by atoms with E-state index >= 15 is 0 Å². The Hall–Kier alpha value is -3.66. The van der Waals surface area contributed by atoms with E-state index in [2.05, 4.69) is 10.1 Å². The van der Waals surface area contributed by atoms with Crippen molar-refractivity contribution < 1.29 is 19.0 Å². The Labute approximate surface area is 200 Å². The van der Waals surface area contributed by atoms with E-state index in [1.54, 1.807) is 54.6 Å². The highest BCUT2D eigenvalue weighted by Gasteiger charge is 2.34. The third-order valence-corrected chi connectivity index (χ3v) is 6.78. The van der Waals surface area contributed by atoms with Crippen molar-refractivity contribution >= 4 is 23.4 Å². The van der Waals surface area contributed by atoms with Crippen LogP contribution in [-0.4, -0.2) is 41.1 Å². The molecule has 0 fully saturated rings. The first kappa shape index (κ1) is 23.5. The Bertz CT molecular complexity index is 1480. The number of ether oxygens (including phenoxy) is 3. The van der Waals surface area contributed by atoms with Crippen LogP contribution in [0.3, 0.4) is 0 Å². The van der Waals surface area contributed by atoms with Gasteiger partial charge in [0.1, 0.15) is 0 Å². The van der Waals surface area contributed by atoms with Gasteiger partial charge in [-0.05, 0) is 44.5 Å². The van der Waals surface area contributed by atoms with Gasteiger partial charge in [0.25, 0.3) is 5.56 Å². The van der Waals surface area contributed by atoms with Gasteiger partial charge in [0, 0.05) is 18.3 Å². The van der Waals surface area contributed by atoms with E-state index in [0.29, 0.717) is 37.7 Å². The lowest BCUT2D eigenvalue weighted by molar-refractivity contribution is -0.139. The number of aromatic nitrogens is 3. The van der Waals surface area contributed by atoms with Crippen molar-refractivity contribution in [3.8, 4) is 11.5 Å². The Morgan fingerprint density at radius 1 is 1.21 bits per heavy atom. The fourth-order valence-electron chi connectivity index (χ4n) is 3.93. The van der Waals surface area contributed by atoms with E-state index in [1.165, 1.54) is 18.4 Å². The molecule has 34 heavy (non-hydrogen) atoms. The molecule has 3 heterocycles. The van der Waals surface area contributed by atoms with Gasteiger partial charge in [-0.25, -0.2) is 9.79 Å². The molecule has 1 atom stereocenters. The maximum atomic E-state index is 13.7. The van der Waals surface area contributed by atoms with E-state index in [4.69, 9.17) is 14.2 Å². The predicted molar refractivity (Wildman–Crippen MR) is 128 cm³/mol. The number of methoxy groups -OCH3 is 2. The Kier molecular flexibility index (Phi) is 6.43. The van der Waals surface area contributed by atoms with Crippen LogP contribution in [0.25, 0.3) is 6.08 Å². The van der Waals surface area contributed by atoms with E-state index in [1.807, 2.05) is 20.0 Å². The first-order valence-electron chi connectivity index (χ1n) is 10.7. The summed E-state index contributed by atoms with van der Waals surface area (Å²) in [6, 6.07) is 4.60. The van der Waals surface area contributed by atoms with Gasteiger partial charge in [0.15, 0.2) is 16.3 Å². The van der Waals surface area contributed by atoms with Crippen LogP contribution in [-0.2, 0) is 16.6 Å². The van der Waals surface area contributed by atoms with Crippen LogP contribution in [0.15, 0.2) is 45.5 Å². The molecule has 2 aromatic heterocycles. The monoisotopic (exact) mass is 482 g/mol. The van der Waals surface area contributed by atoms with Crippen LogP contribution in [0.2, 0.25) is 0 Å². The first-order chi connectivity index (χ1) is 16.3. The fraction of sp³-hybridized carbons (Fsp3) is 0.333. The van der Waals surface area contributed by atoms with Crippen LogP contribution < -0.4 is 24.4 Å². The number of fused-ring (bicyclic) bond motifs is 1. The smallest absolute Gasteiger partial charge is 0.338 e. The molecule has 0 saturated heterocycles. The zero-order valence-electron chi connectivity index (χ0n) is 19.9. The second kappa shape index (κ2) is 9.30. The lowest BCUT2D eigenvalue weighted by Crippen LogP contribution is -2.40. The van der Waals surface area contributed by atoms with Gasteiger partial charge < -0.3 is 14.2 Å². The van der Waals surface area contributed by atoms with Gasteiger partial charge in [-0.2, -0.15) is 5.10 Å². The fourth-order valence-corrected chi connectivity index (χ4v) is 4.97. The highest BCUT2D eigenvalue weighted by molar-refractivity contribution is 7.07. The normalized spacial score (nSPS) is 15.7. The lowest BCUT2D eigenvalue weighted by Gasteiger charge is -2.25. The number of allylic oxidation sites excluding steroid dienone is 1. The molecular weight excluding hydrogens is 456 g/mol. The highest BCUT2D eigenvalue weighted by atomic mass is 32.1. The summed E-state index contributed by atoms with van der Waals surface area (Å²) in [6.07, 6.45) is 3.52. The van der Waals surface area contributed by atoms with Crippen LogP contribution >= 0.6 is 11.3 Å². The first-order valence-corrected chi connectivity index (χ1v) is 11.5. The molecule has 4 rings (SSSR count). The Balaban J connectivity index is 1.98. The maximum Gasteiger partial charge on any atom is 0.338 e. The number of benzene rings is 1. The minimum Gasteiger partial charge on any atom is -0.493 e. The number of aryl methyl sites for hydroxylation is 1. The van der Waals surface area contributed by atoms with Gasteiger partial charge in [0.2, 0.25) is 0 Å². The molecule has 1 aromatic carbocycles. The van der Waals surface area contributed by atoms with Crippen molar-refractivity contribution in [1.29, 1.82) is 0 Å². The van der Waals surface area contributed by atoms with Gasteiger partial charge in [-0.1, -0.05) is 17.4 Å². The molecule has 0 unspecified atom stereocenters. The molecule has 1 aliphatic rings. The highest BCUT2D eigenvalue weighted by Crippen LogP contribution is 2.36. The summed E-state index contributed by atoms with van der Waals surface area (Å²) >= 11 is 1.27. The molecule has 9 nitrogen and oxygen atoms in total. The SMILES string of the molecule is CCOC(=O)C1=C(C)N=c2s/c(=C\c3cnn(C)c3C)c(=O)n2[C@H]1c1ccc(OC)c(OC)c1. The zero-order valence-corrected chi connectivity index (χ0v) is 20.7. The molecule has 0 aliphatic carbocycles. The zero-order chi connectivity index (χ0) is 24.6. The molecule has 1 aliphatic heterocycles.